The van der Waals surface area contributed by atoms with Crippen molar-refractivity contribution in [2.75, 3.05) is 13.3 Å². The Hall–Kier alpha value is 0.110. The normalized spacial score (nSPS) is 6.00. The summed E-state index contributed by atoms with van der Waals surface area (Å²) in [5.74, 6) is 0. The Bertz CT molecular complexity index is 20.4. The van der Waals surface area contributed by atoms with E-state index in [-0.39, 0.29) is 25.0 Å². The smallest absolute Gasteiger partial charge is 0.0919 e. The van der Waals surface area contributed by atoms with Gasteiger partial charge in [-0.2, -0.15) is 0 Å². The van der Waals surface area contributed by atoms with Gasteiger partial charge in [0.05, 0.1) is 13.3 Å². The predicted molar refractivity (Wildman–Crippen MR) is 28.8 cm³/mol. The van der Waals surface area contributed by atoms with E-state index < -0.39 is 13.3 Å². The quantitative estimate of drug-likeness (QED) is 0.614. The van der Waals surface area contributed by atoms with Crippen molar-refractivity contribution in [2.24, 2.45) is 0 Å². The van der Waals surface area contributed by atoms with Crippen LogP contribution in [0.4, 0.5) is 8.78 Å². The molecular weight excluding hydrogens is 123 g/mol. The Morgan fingerprint density at radius 1 is 1.00 bits per heavy atom. The Balaban J connectivity index is -0.0000000800. The second-order valence-corrected chi connectivity index (χ2v) is 0.732. The first kappa shape index (κ1) is 15.7. The van der Waals surface area contributed by atoms with Crippen molar-refractivity contribution in [3.05, 3.63) is 0 Å². The van der Waals surface area contributed by atoms with Crippen molar-refractivity contribution >= 4 is 12.4 Å². The van der Waals surface area contributed by atoms with Gasteiger partial charge in [0.25, 0.3) is 0 Å². The van der Waals surface area contributed by atoms with Crippen LogP contribution in [-0.4, -0.2) is 13.3 Å². The molecule has 1 nitrogen and oxygen atoms in total. The molecule has 0 amide bonds. The summed E-state index contributed by atoms with van der Waals surface area (Å²) < 4.78 is 21.5. The lowest BCUT2D eigenvalue weighted by Crippen LogP contribution is -1.73. The van der Waals surface area contributed by atoms with Crippen LogP contribution in [0.5, 0.6) is 0 Å². The van der Waals surface area contributed by atoms with E-state index >= 15 is 0 Å². The van der Waals surface area contributed by atoms with E-state index in [9.17, 15) is 8.78 Å². The maximum Gasteiger partial charge on any atom is 0.0919 e. The molecule has 4 heteroatoms. The van der Waals surface area contributed by atoms with Gasteiger partial charge in [-0.25, -0.2) is 0 Å². The molecule has 0 aromatic heterocycles. The first-order valence-electron chi connectivity index (χ1n) is 1.53. The van der Waals surface area contributed by atoms with Crippen molar-refractivity contribution < 1.29 is 8.78 Å². The summed E-state index contributed by atoms with van der Waals surface area (Å²) in [6, 6.07) is 0. The second kappa shape index (κ2) is 16.5. The van der Waals surface area contributed by atoms with E-state index in [1.165, 1.54) is 0 Å². The summed E-state index contributed by atoms with van der Waals surface area (Å²) in [5.41, 5.74) is 0. The first-order chi connectivity index (χ1) is 2.41. The molecule has 0 aromatic carbocycles. The van der Waals surface area contributed by atoms with Gasteiger partial charge in [-0.15, -0.1) is 12.4 Å². The fourth-order valence-corrected chi connectivity index (χ4v) is 0.0505. The van der Waals surface area contributed by atoms with Gasteiger partial charge in [0.1, 0.15) is 0 Å². The molecule has 0 atom stereocenters. The maximum absolute atomic E-state index is 10.8. The topological polar surface area (TPSA) is 35.0 Å². The SMILES string of the molecule is Cl.FCCCF.N. The molecule has 0 aliphatic heterocycles. The van der Waals surface area contributed by atoms with Crippen molar-refractivity contribution in [2.45, 2.75) is 6.42 Å². The standard InChI is InChI=1S/C3H6F2.ClH.H3N/c4-2-1-3-5;;/h1-3H2;1H;1H3. The van der Waals surface area contributed by atoms with Crippen LogP contribution < -0.4 is 6.15 Å². The van der Waals surface area contributed by atoms with E-state index in [1.54, 1.807) is 0 Å². The molecule has 0 fully saturated rings. The molecule has 0 saturated carbocycles. The summed E-state index contributed by atoms with van der Waals surface area (Å²) in [6.45, 7) is -1.06. The van der Waals surface area contributed by atoms with Crippen LogP contribution in [0, 0.1) is 0 Å². The third kappa shape index (κ3) is 23.2. The van der Waals surface area contributed by atoms with Gasteiger partial charge in [-0.3, -0.25) is 8.78 Å². The molecule has 0 spiro atoms. The Labute approximate surface area is 48.1 Å². The summed E-state index contributed by atoms with van der Waals surface area (Å²) in [6.07, 6.45) is 0.0556. The van der Waals surface area contributed by atoms with Crippen LogP contribution in [0.25, 0.3) is 0 Å². The molecule has 3 N–H and O–H groups in total. The van der Waals surface area contributed by atoms with Gasteiger partial charge in [-0.05, 0) is 0 Å². The largest absolute Gasteiger partial charge is 0.344 e. The molecule has 7 heavy (non-hydrogen) atoms. The average molecular weight is 134 g/mol. The lowest BCUT2D eigenvalue weighted by atomic mass is 10.5. The molecular formula is C3H10ClF2N. The van der Waals surface area contributed by atoms with Crippen molar-refractivity contribution in [3.63, 3.8) is 0 Å². The summed E-state index contributed by atoms with van der Waals surface area (Å²) in [5, 5.41) is 0. The molecule has 0 unspecified atom stereocenters. The zero-order valence-electron chi connectivity index (χ0n) is 3.99. The zero-order valence-corrected chi connectivity index (χ0v) is 4.81. The maximum atomic E-state index is 10.8. The van der Waals surface area contributed by atoms with E-state index in [4.69, 9.17) is 0 Å². The van der Waals surface area contributed by atoms with Crippen LogP contribution in [0.2, 0.25) is 0 Å². The number of halogens is 3. The number of hydrogen-bond acceptors (Lipinski definition) is 1. The van der Waals surface area contributed by atoms with Gasteiger partial charge in [0, 0.05) is 6.42 Å². The molecule has 0 heterocycles. The van der Waals surface area contributed by atoms with Crippen molar-refractivity contribution in [1.29, 1.82) is 0 Å². The highest BCUT2D eigenvalue weighted by molar-refractivity contribution is 5.85. The van der Waals surface area contributed by atoms with Crippen LogP contribution in [-0.2, 0) is 0 Å². The first-order valence-corrected chi connectivity index (χ1v) is 1.53. The minimum Gasteiger partial charge on any atom is -0.344 e. The second-order valence-electron chi connectivity index (χ2n) is 0.732. The molecule has 0 radical (unpaired) electrons. The van der Waals surface area contributed by atoms with Gasteiger partial charge in [-0.1, -0.05) is 0 Å². The number of hydrogen-bond donors (Lipinski definition) is 1. The van der Waals surface area contributed by atoms with Crippen LogP contribution in [0.3, 0.4) is 0 Å². The Morgan fingerprint density at radius 3 is 1.29 bits per heavy atom. The van der Waals surface area contributed by atoms with Gasteiger partial charge in [0.2, 0.25) is 0 Å². The molecule has 0 rings (SSSR count). The Kier molecular flexibility index (Phi) is 37.0. The lowest BCUT2D eigenvalue weighted by Gasteiger charge is -1.73. The highest BCUT2D eigenvalue weighted by atomic mass is 35.5. The minimum atomic E-state index is -0.531. The highest BCUT2D eigenvalue weighted by Gasteiger charge is 1.75. The molecule has 0 aromatic rings. The third-order valence-electron chi connectivity index (χ3n) is 0.267. The summed E-state index contributed by atoms with van der Waals surface area (Å²) >= 11 is 0. The predicted octanol–water partition coefficient (Wildman–Crippen LogP) is 1.90. The minimum absolute atomic E-state index is 0. The van der Waals surface area contributed by atoms with Crippen LogP contribution in [0.1, 0.15) is 6.42 Å². The fourth-order valence-electron chi connectivity index (χ4n) is 0.0505. The van der Waals surface area contributed by atoms with Gasteiger partial charge >= 0.3 is 0 Å². The lowest BCUT2D eigenvalue weighted by molar-refractivity contribution is 0.398. The van der Waals surface area contributed by atoms with Gasteiger partial charge < -0.3 is 6.15 Å². The molecule has 48 valence electrons. The summed E-state index contributed by atoms with van der Waals surface area (Å²) in [7, 11) is 0. The van der Waals surface area contributed by atoms with E-state index in [0.717, 1.165) is 0 Å². The van der Waals surface area contributed by atoms with Gasteiger partial charge in [0.15, 0.2) is 0 Å². The van der Waals surface area contributed by atoms with E-state index in [0.29, 0.717) is 0 Å². The van der Waals surface area contributed by atoms with E-state index in [1.807, 2.05) is 0 Å². The summed E-state index contributed by atoms with van der Waals surface area (Å²) in [4.78, 5) is 0. The van der Waals surface area contributed by atoms with Crippen LogP contribution in [0.15, 0.2) is 0 Å². The van der Waals surface area contributed by atoms with Crippen molar-refractivity contribution in [1.82, 2.24) is 6.15 Å². The molecule has 0 aliphatic carbocycles. The number of rotatable bonds is 2. The van der Waals surface area contributed by atoms with E-state index in [2.05, 4.69) is 0 Å². The molecule has 0 aliphatic rings. The molecule has 0 bridgehead atoms. The zero-order chi connectivity index (χ0) is 4.12. The molecule has 0 saturated heterocycles. The van der Waals surface area contributed by atoms with Crippen LogP contribution >= 0.6 is 12.4 Å². The monoisotopic (exact) mass is 133 g/mol. The number of alkyl halides is 2. The Morgan fingerprint density at radius 2 is 1.29 bits per heavy atom. The highest BCUT2D eigenvalue weighted by Crippen LogP contribution is 1.77. The fraction of sp³-hybridized carbons (Fsp3) is 1.00. The average Bonchev–Trinajstić information content (AvgIpc) is 1.41. The third-order valence-corrected chi connectivity index (χ3v) is 0.267. The van der Waals surface area contributed by atoms with Crippen molar-refractivity contribution in [3.8, 4) is 0 Å².